The summed E-state index contributed by atoms with van der Waals surface area (Å²) in [6.45, 7) is 3.36. The number of ketones is 1. The number of benzene rings is 2. The highest BCUT2D eigenvalue weighted by Gasteiger charge is 2.61. The lowest BCUT2D eigenvalue weighted by atomic mass is 9.81. The van der Waals surface area contributed by atoms with Crippen molar-refractivity contribution in [3.63, 3.8) is 0 Å². The Morgan fingerprint density at radius 2 is 1.66 bits per heavy atom. The van der Waals surface area contributed by atoms with E-state index < -0.39 is 5.97 Å². The summed E-state index contributed by atoms with van der Waals surface area (Å²) in [5, 5.41) is 0. The van der Waals surface area contributed by atoms with Gasteiger partial charge in [0.05, 0.1) is 23.1 Å². The number of nitrogens with zero attached hydrogens (tertiary/aromatic N) is 1. The zero-order valence-electron chi connectivity index (χ0n) is 18.2. The number of hydrogen-bond donors (Lipinski definition) is 0. The second kappa shape index (κ2) is 7.69. The number of esters is 1. The highest BCUT2D eigenvalue weighted by Crippen LogP contribution is 2.56. The Balaban J connectivity index is 1.31. The molecule has 6 nitrogen and oxygen atoms in total. The van der Waals surface area contributed by atoms with Crippen LogP contribution in [-0.4, -0.2) is 30.2 Å². The van der Waals surface area contributed by atoms with Crippen LogP contribution < -0.4 is 4.90 Å². The maximum absolute atomic E-state index is 13.0. The van der Waals surface area contributed by atoms with Crippen molar-refractivity contribution >= 4 is 29.3 Å². The third-order valence-electron chi connectivity index (χ3n) is 7.30. The van der Waals surface area contributed by atoms with Crippen molar-refractivity contribution in [2.45, 2.75) is 33.1 Å². The monoisotopic (exact) mass is 431 g/mol. The molecule has 0 aromatic heterocycles. The Labute approximate surface area is 186 Å². The molecule has 5 rings (SSSR count). The van der Waals surface area contributed by atoms with Crippen molar-refractivity contribution in [2.75, 3.05) is 11.5 Å². The minimum atomic E-state index is -0.662. The Hall–Kier alpha value is -3.28. The number of carbonyl (C=O) groups is 4. The molecule has 6 heteroatoms. The number of carbonyl (C=O) groups excluding carboxylic acids is 4. The maximum Gasteiger partial charge on any atom is 0.338 e. The molecule has 2 aromatic rings. The molecular formula is C26H25NO5. The van der Waals surface area contributed by atoms with E-state index in [1.165, 1.54) is 11.0 Å². The van der Waals surface area contributed by atoms with Gasteiger partial charge in [-0.25, -0.2) is 4.79 Å². The van der Waals surface area contributed by atoms with Gasteiger partial charge in [-0.05, 0) is 74.8 Å². The molecule has 4 atom stereocenters. The van der Waals surface area contributed by atoms with E-state index in [0.717, 1.165) is 30.4 Å². The Morgan fingerprint density at radius 1 is 0.969 bits per heavy atom. The van der Waals surface area contributed by atoms with E-state index in [0.29, 0.717) is 23.1 Å². The molecule has 2 aliphatic carbocycles. The molecule has 1 aliphatic heterocycles. The highest BCUT2D eigenvalue weighted by molar-refractivity contribution is 6.22. The van der Waals surface area contributed by atoms with Crippen LogP contribution in [0, 0.1) is 37.5 Å². The second-order valence-corrected chi connectivity index (χ2v) is 9.26. The van der Waals surface area contributed by atoms with Gasteiger partial charge in [0.15, 0.2) is 6.61 Å². The van der Waals surface area contributed by atoms with Crippen molar-refractivity contribution in [1.29, 1.82) is 0 Å². The summed E-state index contributed by atoms with van der Waals surface area (Å²) < 4.78 is 5.25. The van der Waals surface area contributed by atoms with Crippen LogP contribution in [-0.2, 0) is 14.3 Å². The molecule has 2 bridgehead atoms. The van der Waals surface area contributed by atoms with Crippen LogP contribution in [0.3, 0.4) is 0 Å². The van der Waals surface area contributed by atoms with Crippen molar-refractivity contribution in [2.24, 2.45) is 23.7 Å². The average molecular weight is 431 g/mol. The largest absolute Gasteiger partial charge is 0.454 e. The fourth-order valence-corrected chi connectivity index (χ4v) is 5.76. The summed E-state index contributed by atoms with van der Waals surface area (Å²) in [6, 6.07) is 11.9. The first kappa shape index (κ1) is 20.6. The molecule has 2 aromatic carbocycles. The molecule has 32 heavy (non-hydrogen) atoms. The number of fused-ring (bicyclic) bond motifs is 5. The predicted molar refractivity (Wildman–Crippen MR) is 117 cm³/mol. The van der Waals surface area contributed by atoms with Crippen LogP contribution in [0.2, 0.25) is 0 Å². The topological polar surface area (TPSA) is 80.8 Å². The van der Waals surface area contributed by atoms with Gasteiger partial charge in [0.2, 0.25) is 17.6 Å². The Kier molecular flexibility index (Phi) is 4.96. The number of hydrogen-bond acceptors (Lipinski definition) is 5. The Morgan fingerprint density at radius 3 is 2.34 bits per heavy atom. The fourth-order valence-electron chi connectivity index (χ4n) is 5.76. The first-order chi connectivity index (χ1) is 15.3. The van der Waals surface area contributed by atoms with Crippen molar-refractivity contribution in [1.82, 2.24) is 0 Å². The molecule has 0 spiro atoms. The number of amides is 2. The van der Waals surface area contributed by atoms with Crippen molar-refractivity contribution in [3.8, 4) is 0 Å². The predicted octanol–water partition coefficient (Wildman–Crippen LogP) is 3.88. The van der Waals surface area contributed by atoms with Gasteiger partial charge in [0.1, 0.15) is 0 Å². The second-order valence-electron chi connectivity index (χ2n) is 9.26. The van der Waals surface area contributed by atoms with Gasteiger partial charge in [-0.2, -0.15) is 0 Å². The average Bonchev–Trinajstić information content (AvgIpc) is 3.47. The normalized spacial score (nSPS) is 25.9. The molecular weight excluding hydrogens is 406 g/mol. The third kappa shape index (κ3) is 3.25. The summed E-state index contributed by atoms with van der Waals surface area (Å²) in [5.74, 6) is -1.06. The van der Waals surface area contributed by atoms with Crippen LogP contribution in [0.25, 0.3) is 0 Å². The zero-order valence-corrected chi connectivity index (χ0v) is 18.2. The molecule has 0 unspecified atom stereocenters. The standard InChI is InChI=1S/C26H25NO5/c1-14-6-7-15(2)20(10-14)21(28)13-32-26(31)18-4-3-5-19(12-18)27-24(29)22-16-8-9-17(11-16)23(22)25(27)30/h3-7,10,12,16-17,22-23H,8-9,11,13H2,1-2H3/t16-,17-,22+,23+/m0/s1. The summed E-state index contributed by atoms with van der Waals surface area (Å²) >= 11 is 0. The van der Waals surface area contributed by atoms with Gasteiger partial charge in [-0.1, -0.05) is 23.8 Å². The smallest absolute Gasteiger partial charge is 0.338 e. The van der Waals surface area contributed by atoms with Gasteiger partial charge >= 0.3 is 5.97 Å². The van der Waals surface area contributed by atoms with Crippen LogP contribution in [0.1, 0.15) is 51.1 Å². The molecule has 164 valence electrons. The molecule has 3 aliphatic rings. The highest BCUT2D eigenvalue weighted by atomic mass is 16.5. The first-order valence-electron chi connectivity index (χ1n) is 11.1. The summed E-state index contributed by atoms with van der Waals surface area (Å²) in [4.78, 5) is 52.5. The number of ether oxygens (including phenoxy) is 1. The maximum atomic E-state index is 13.0. The molecule has 1 heterocycles. The van der Waals surface area contributed by atoms with E-state index >= 15 is 0 Å². The number of aryl methyl sites for hydroxylation is 2. The number of anilines is 1. The minimum Gasteiger partial charge on any atom is -0.454 e. The molecule has 1 saturated heterocycles. The third-order valence-corrected chi connectivity index (χ3v) is 7.30. The van der Waals surface area contributed by atoms with Gasteiger partial charge in [-0.3, -0.25) is 19.3 Å². The van der Waals surface area contributed by atoms with E-state index in [-0.39, 0.29) is 41.6 Å². The van der Waals surface area contributed by atoms with E-state index in [9.17, 15) is 19.2 Å². The zero-order chi connectivity index (χ0) is 22.6. The van der Waals surface area contributed by atoms with Gasteiger partial charge in [0, 0.05) is 5.56 Å². The van der Waals surface area contributed by atoms with Crippen LogP contribution >= 0.6 is 0 Å². The van der Waals surface area contributed by atoms with E-state index in [1.807, 2.05) is 26.0 Å². The van der Waals surface area contributed by atoms with Crippen molar-refractivity contribution < 1.29 is 23.9 Å². The number of rotatable bonds is 5. The van der Waals surface area contributed by atoms with E-state index in [4.69, 9.17) is 4.74 Å². The molecule has 3 fully saturated rings. The van der Waals surface area contributed by atoms with Gasteiger partial charge in [0.25, 0.3) is 0 Å². The van der Waals surface area contributed by atoms with E-state index in [1.54, 1.807) is 24.3 Å². The van der Waals surface area contributed by atoms with Crippen LogP contribution in [0.5, 0.6) is 0 Å². The van der Waals surface area contributed by atoms with Gasteiger partial charge < -0.3 is 4.74 Å². The van der Waals surface area contributed by atoms with Crippen LogP contribution in [0.15, 0.2) is 42.5 Å². The van der Waals surface area contributed by atoms with Crippen LogP contribution in [0.4, 0.5) is 5.69 Å². The molecule has 0 radical (unpaired) electrons. The summed E-state index contributed by atoms with van der Waals surface area (Å²) in [6.07, 6.45) is 3.00. The minimum absolute atomic E-state index is 0.150. The lowest BCUT2D eigenvalue weighted by Crippen LogP contribution is -2.32. The molecule has 0 N–H and O–H groups in total. The van der Waals surface area contributed by atoms with Gasteiger partial charge in [-0.15, -0.1) is 0 Å². The Bertz CT molecular complexity index is 1120. The molecule has 2 amide bonds. The number of Topliss-reactive ketones (excluding diaryl/α,β-unsaturated/α-hetero) is 1. The SMILES string of the molecule is Cc1ccc(C)c(C(=O)COC(=O)c2cccc(N3C(=O)[C@@H]4[C@H]5CC[C@@H](C5)[C@H]4C3=O)c2)c1. The quantitative estimate of drug-likeness (QED) is 0.408. The first-order valence-corrected chi connectivity index (χ1v) is 11.1. The molecule has 2 saturated carbocycles. The van der Waals surface area contributed by atoms with Crippen molar-refractivity contribution in [3.05, 3.63) is 64.7 Å². The number of imide groups is 1. The fraction of sp³-hybridized carbons (Fsp3) is 0.385. The summed E-state index contributed by atoms with van der Waals surface area (Å²) in [7, 11) is 0. The lowest BCUT2D eigenvalue weighted by Gasteiger charge is -2.19. The summed E-state index contributed by atoms with van der Waals surface area (Å²) in [5.41, 5.74) is 2.90. The lowest BCUT2D eigenvalue weighted by molar-refractivity contribution is -0.123. The van der Waals surface area contributed by atoms with E-state index in [2.05, 4.69) is 0 Å².